The summed E-state index contributed by atoms with van der Waals surface area (Å²) in [5.74, 6) is 1.66. The Morgan fingerprint density at radius 2 is 1.88 bits per heavy atom. The number of sulfone groups is 1. The van der Waals surface area contributed by atoms with Crippen LogP contribution in [0.1, 0.15) is 6.42 Å². The first-order valence-corrected chi connectivity index (χ1v) is 8.34. The molecule has 0 radical (unpaired) electrons. The monoisotopic (exact) mass is 264 g/mol. The fraction of sp³-hybridized carbons (Fsp3) is 1.00. The quantitative estimate of drug-likeness (QED) is 0.712. The molecule has 2 heterocycles. The molecule has 94 valence electrons. The Labute approximate surface area is 103 Å². The molecule has 16 heavy (non-hydrogen) atoms. The molecule has 0 aromatic heterocycles. The normalized spacial score (nSPS) is 31.9. The molecule has 0 saturated carbocycles. The zero-order valence-corrected chi connectivity index (χ0v) is 11.2. The lowest BCUT2D eigenvalue weighted by atomic mass is 10.2. The summed E-state index contributed by atoms with van der Waals surface area (Å²) in [4.78, 5) is 4.74. The third-order valence-electron chi connectivity index (χ3n) is 3.55. The summed E-state index contributed by atoms with van der Waals surface area (Å²) >= 11 is 4.23. The van der Waals surface area contributed by atoms with Crippen molar-refractivity contribution < 1.29 is 8.42 Å². The van der Waals surface area contributed by atoms with Crippen LogP contribution in [0.2, 0.25) is 0 Å². The molecular weight excluding hydrogens is 244 g/mol. The van der Waals surface area contributed by atoms with E-state index in [-0.39, 0.29) is 6.04 Å². The number of nitrogens with zero attached hydrogens (tertiary/aromatic N) is 2. The van der Waals surface area contributed by atoms with E-state index in [1.165, 1.54) is 0 Å². The lowest BCUT2D eigenvalue weighted by molar-refractivity contribution is 0.109. The Morgan fingerprint density at radius 1 is 1.19 bits per heavy atom. The molecule has 0 aromatic carbocycles. The van der Waals surface area contributed by atoms with E-state index in [1.54, 1.807) is 0 Å². The van der Waals surface area contributed by atoms with Gasteiger partial charge in [0.15, 0.2) is 9.84 Å². The Morgan fingerprint density at radius 3 is 2.38 bits per heavy atom. The van der Waals surface area contributed by atoms with Crippen molar-refractivity contribution in [2.45, 2.75) is 12.5 Å². The summed E-state index contributed by atoms with van der Waals surface area (Å²) in [7, 11) is -2.74. The first-order valence-electron chi connectivity index (χ1n) is 5.88. The fourth-order valence-corrected chi connectivity index (χ4v) is 4.60. The van der Waals surface area contributed by atoms with E-state index in [4.69, 9.17) is 0 Å². The predicted molar refractivity (Wildman–Crippen MR) is 68.9 cm³/mol. The molecule has 1 atom stereocenters. The van der Waals surface area contributed by atoms with E-state index < -0.39 is 9.84 Å². The average Bonchev–Trinajstić information content (AvgIpc) is 2.61. The van der Waals surface area contributed by atoms with Gasteiger partial charge in [-0.25, -0.2) is 8.42 Å². The zero-order chi connectivity index (χ0) is 11.6. The minimum atomic E-state index is -2.74. The zero-order valence-electron chi connectivity index (χ0n) is 9.51. The van der Waals surface area contributed by atoms with Crippen molar-refractivity contribution in [1.82, 2.24) is 9.80 Å². The average molecular weight is 264 g/mol. The minimum absolute atomic E-state index is 0.281. The van der Waals surface area contributed by atoms with Crippen LogP contribution in [0, 0.1) is 0 Å². The fourth-order valence-electron chi connectivity index (χ4n) is 2.56. The largest absolute Gasteiger partial charge is 0.300 e. The molecule has 0 bridgehead atoms. The van der Waals surface area contributed by atoms with Crippen molar-refractivity contribution in [3.05, 3.63) is 0 Å². The van der Waals surface area contributed by atoms with E-state index in [9.17, 15) is 8.42 Å². The summed E-state index contributed by atoms with van der Waals surface area (Å²) in [6.07, 6.45) is 0.828. The molecule has 6 heteroatoms. The third kappa shape index (κ3) is 3.12. The highest BCUT2D eigenvalue weighted by atomic mass is 32.2. The van der Waals surface area contributed by atoms with E-state index in [0.717, 1.165) is 44.9 Å². The van der Waals surface area contributed by atoms with Crippen LogP contribution in [0.15, 0.2) is 0 Å². The molecule has 2 aliphatic heterocycles. The van der Waals surface area contributed by atoms with Gasteiger partial charge in [-0.2, -0.15) is 12.6 Å². The second kappa shape index (κ2) is 5.25. The Kier molecular flexibility index (Phi) is 4.15. The first-order chi connectivity index (χ1) is 7.61. The van der Waals surface area contributed by atoms with Crippen molar-refractivity contribution in [3.63, 3.8) is 0 Å². The molecule has 0 aliphatic carbocycles. The molecule has 2 fully saturated rings. The van der Waals surface area contributed by atoms with Crippen molar-refractivity contribution in [2.75, 3.05) is 50.0 Å². The maximum absolute atomic E-state index is 11.4. The molecule has 1 unspecified atom stereocenters. The second-order valence-corrected chi connectivity index (χ2v) is 7.33. The molecule has 0 spiro atoms. The maximum atomic E-state index is 11.4. The lowest BCUT2D eigenvalue weighted by Gasteiger charge is -2.37. The predicted octanol–water partition coefficient (Wildman–Crippen LogP) is -0.279. The van der Waals surface area contributed by atoms with Crippen LogP contribution in [-0.4, -0.2) is 74.2 Å². The smallest absolute Gasteiger partial charge is 0.151 e. The third-order valence-corrected chi connectivity index (χ3v) is 5.50. The number of thiol groups is 1. The van der Waals surface area contributed by atoms with Crippen molar-refractivity contribution in [1.29, 1.82) is 0 Å². The topological polar surface area (TPSA) is 40.6 Å². The second-order valence-electron chi connectivity index (χ2n) is 4.66. The van der Waals surface area contributed by atoms with Gasteiger partial charge in [0.05, 0.1) is 11.5 Å². The number of piperazine rings is 1. The summed E-state index contributed by atoms with van der Waals surface area (Å²) < 4.78 is 22.8. The van der Waals surface area contributed by atoms with E-state index in [0.29, 0.717) is 11.5 Å². The molecule has 2 rings (SSSR count). The molecule has 0 amide bonds. The highest BCUT2D eigenvalue weighted by Gasteiger charge is 2.33. The highest BCUT2D eigenvalue weighted by molar-refractivity contribution is 7.91. The molecular formula is C10H20N2O2S2. The SMILES string of the molecule is O=S1(=O)CCC(N2CCN(CCS)CC2)C1. The molecule has 4 nitrogen and oxygen atoms in total. The first kappa shape index (κ1) is 12.7. The van der Waals surface area contributed by atoms with Crippen molar-refractivity contribution in [2.24, 2.45) is 0 Å². The standard InChI is InChI=1S/C10H20N2O2S2/c13-16(14)8-1-10(9-16)12-4-2-11(3-5-12)6-7-15/h10,15H,1-9H2. The molecule has 0 aromatic rings. The number of hydrogen-bond acceptors (Lipinski definition) is 5. The number of rotatable bonds is 3. The van der Waals surface area contributed by atoms with E-state index >= 15 is 0 Å². The van der Waals surface area contributed by atoms with Gasteiger partial charge in [-0.3, -0.25) is 9.80 Å². The van der Waals surface area contributed by atoms with Crippen LogP contribution in [0.5, 0.6) is 0 Å². The van der Waals surface area contributed by atoms with Crippen LogP contribution in [0.4, 0.5) is 0 Å². The number of hydrogen-bond donors (Lipinski definition) is 1. The van der Waals surface area contributed by atoms with Crippen LogP contribution in [0.25, 0.3) is 0 Å². The van der Waals surface area contributed by atoms with Gasteiger partial charge in [0.2, 0.25) is 0 Å². The Hall–Kier alpha value is 0.220. The van der Waals surface area contributed by atoms with Crippen LogP contribution in [0.3, 0.4) is 0 Å². The van der Waals surface area contributed by atoms with Crippen LogP contribution >= 0.6 is 12.6 Å². The van der Waals surface area contributed by atoms with Gasteiger partial charge in [0, 0.05) is 44.5 Å². The summed E-state index contributed by atoms with van der Waals surface area (Å²) in [6.45, 7) is 5.16. The maximum Gasteiger partial charge on any atom is 0.151 e. The highest BCUT2D eigenvalue weighted by Crippen LogP contribution is 2.19. The van der Waals surface area contributed by atoms with Gasteiger partial charge in [0.1, 0.15) is 0 Å². The molecule has 2 saturated heterocycles. The Bertz CT molecular complexity index is 324. The van der Waals surface area contributed by atoms with Gasteiger partial charge in [-0.15, -0.1) is 0 Å². The summed E-state index contributed by atoms with van der Waals surface area (Å²) in [5.41, 5.74) is 0. The molecule has 2 aliphatic rings. The van der Waals surface area contributed by atoms with Gasteiger partial charge in [-0.05, 0) is 6.42 Å². The van der Waals surface area contributed by atoms with Gasteiger partial charge < -0.3 is 0 Å². The van der Waals surface area contributed by atoms with E-state index in [1.807, 2.05) is 0 Å². The Balaban J connectivity index is 1.81. The minimum Gasteiger partial charge on any atom is -0.300 e. The summed E-state index contributed by atoms with van der Waals surface area (Å²) in [5, 5.41) is 0. The summed E-state index contributed by atoms with van der Waals surface area (Å²) in [6, 6.07) is 0.281. The van der Waals surface area contributed by atoms with Gasteiger partial charge >= 0.3 is 0 Å². The molecule has 0 N–H and O–H groups in total. The van der Waals surface area contributed by atoms with Gasteiger partial charge in [-0.1, -0.05) is 0 Å². The van der Waals surface area contributed by atoms with E-state index in [2.05, 4.69) is 22.4 Å². The van der Waals surface area contributed by atoms with Crippen molar-refractivity contribution >= 4 is 22.5 Å². The van der Waals surface area contributed by atoms with Crippen LogP contribution in [-0.2, 0) is 9.84 Å². The van der Waals surface area contributed by atoms with Crippen molar-refractivity contribution in [3.8, 4) is 0 Å². The van der Waals surface area contributed by atoms with Gasteiger partial charge in [0.25, 0.3) is 0 Å². The lowest BCUT2D eigenvalue weighted by Crippen LogP contribution is -2.51. The van der Waals surface area contributed by atoms with Crippen LogP contribution < -0.4 is 0 Å².